The number of aromatic nitrogens is 2. The van der Waals surface area contributed by atoms with Gasteiger partial charge in [-0.2, -0.15) is 0 Å². The highest BCUT2D eigenvalue weighted by Gasteiger charge is 2.08. The number of carbonyl (C=O) groups excluding carboxylic acids is 1. The number of halogens is 1. The number of anilines is 1. The third kappa shape index (κ3) is 4.96. The Morgan fingerprint density at radius 2 is 1.87 bits per heavy atom. The number of carbonyl (C=O) groups is 1. The minimum absolute atomic E-state index is 0.0842. The molecular formula is C23H20ClN3O2S. The Balaban J connectivity index is 1.35. The van der Waals surface area contributed by atoms with E-state index in [1.165, 1.54) is 10.6 Å². The van der Waals surface area contributed by atoms with Crippen LogP contribution in [-0.4, -0.2) is 15.5 Å². The Morgan fingerprint density at radius 1 is 1.07 bits per heavy atom. The molecule has 1 N–H and O–H groups in total. The number of hydrogen-bond donors (Lipinski definition) is 1. The Hall–Kier alpha value is -2.96. The number of nitrogens with zero attached hydrogens (tertiary/aromatic N) is 2. The molecule has 2 heterocycles. The van der Waals surface area contributed by atoms with Crippen molar-refractivity contribution in [2.75, 3.05) is 5.32 Å². The average molecular weight is 438 g/mol. The summed E-state index contributed by atoms with van der Waals surface area (Å²) in [5.41, 5.74) is 2.29. The van der Waals surface area contributed by atoms with Crippen molar-refractivity contribution >= 4 is 44.7 Å². The predicted molar refractivity (Wildman–Crippen MR) is 122 cm³/mol. The molecular weight excluding hydrogens is 418 g/mol. The molecule has 0 bridgehead atoms. The molecule has 0 aliphatic rings. The van der Waals surface area contributed by atoms with E-state index in [9.17, 15) is 9.59 Å². The summed E-state index contributed by atoms with van der Waals surface area (Å²) in [6, 6.07) is 18.5. The number of hydrogen-bond acceptors (Lipinski definition) is 4. The fourth-order valence-corrected chi connectivity index (χ4v) is 4.39. The first-order valence-corrected chi connectivity index (χ1v) is 10.9. The van der Waals surface area contributed by atoms with Crippen molar-refractivity contribution < 1.29 is 4.79 Å². The third-order valence-corrected chi connectivity index (χ3v) is 6.16. The van der Waals surface area contributed by atoms with Gasteiger partial charge in [0.25, 0.3) is 5.56 Å². The monoisotopic (exact) mass is 437 g/mol. The highest BCUT2D eigenvalue weighted by Crippen LogP contribution is 2.23. The maximum atomic E-state index is 12.3. The normalized spacial score (nSPS) is 11.0. The quantitative estimate of drug-likeness (QED) is 0.436. The second-order valence-corrected chi connectivity index (χ2v) is 8.47. The van der Waals surface area contributed by atoms with E-state index in [0.717, 1.165) is 27.2 Å². The van der Waals surface area contributed by atoms with E-state index >= 15 is 0 Å². The van der Waals surface area contributed by atoms with Crippen molar-refractivity contribution in [3.63, 3.8) is 0 Å². The van der Waals surface area contributed by atoms with Crippen LogP contribution in [0.5, 0.6) is 0 Å². The van der Waals surface area contributed by atoms with Crippen LogP contribution < -0.4 is 10.9 Å². The van der Waals surface area contributed by atoms with Crippen LogP contribution in [0.3, 0.4) is 0 Å². The van der Waals surface area contributed by atoms with Gasteiger partial charge in [0.2, 0.25) is 5.91 Å². The van der Waals surface area contributed by atoms with Crippen LogP contribution >= 0.6 is 22.9 Å². The fourth-order valence-electron chi connectivity index (χ4n) is 3.19. The highest BCUT2D eigenvalue weighted by molar-refractivity contribution is 7.18. The van der Waals surface area contributed by atoms with Gasteiger partial charge in [-0.25, -0.2) is 4.98 Å². The van der Waals surface area contributed by atoms with E-state index in [0.29, 0.717) is 30.1 Å². The molecule has 0 aliphatic carbocycles. The van der Waals surface area contributed by atoms with Crippen molar-refractivity contribution in [1.29, 1.82) is 0 Å². The second kappa shape index (κ2) is 9.24. The molecule has 4 rings (SSSR count). The third-order valence-electron chi connectivity index (χ3n) is 4.70. The largest absolute Gasteiger partial charge is 0.325 e. The van der Waals surface area contributed by atoms with Gasteiger partial charge in [0.05, 0.1) is 27.5 Å². The summed E-state index contributed by atoms with van der Waals surface area (Å²) in [5.74, 6) is -0.0842. The zero-order valence-electron chi connectivity index (χ0n) is 16.2. The van der Waals surface area contributed by atoms with Crippen molar-refractivity contribution in [3.8, 4) is 0 Å². The number of fused-ring (bicyclic) bond motifs is 1. The van der Waals surface area contributed by atoms with Gasteiger partial charge >= 0.3 is 0 Å². The molecule has 0 unspecified atom stereocenters. The van der Waals surface area contributed by atoms with Crippen LogP contribution in [0.15, 0.2) is 71.7 Å². The van der Waals surface area contributed by atoms with E-state index in [1.807, 2.05) is 36.4 Å². The van der Waals surface area contributed by atoms with Crippen LogP contribution in [0.25, 0.3) is 10.2 Å². The van der Waals surface area contributed by atoms with Crippen LogP contribution in [0.1, 0.15) is 23.4 Å². The van der Waals surface area contributed by atoms with Gasteiger partial charge in [0.1, 0.15) is 0 Å². The minimum atomic E-state index is -0.149. The fraction of sp³-hybridized carbons (Fsp3) is 0.174. The zero-order chi connectivity index (χ0) is 20.9. The second-order valence-electron chi connectivity index (χ2n) is 6.95. The SMILES string of the molecule is O=C(CCCc1nc2ccccc2s1)Nc1ccc(=O)n(Cc2ccccc2Cl)c1. The smallest absolute Gasteiger partial charge is 0.250 e. The molecule has 7 heteroatoms. The van der Waals surface area contributed by atoms with Crippen molar-refractivity contribution in [2.24, 2.45) is 0 Å². The Labute approximate surface area is 183 Å². The van der Waals surface area contributed by atoms with Gasteiger partial charge in [-0.05, 0) is 42.7 Å². The number of benzene rings is 2. The Morgan fingerprint density at radius 3 is 2.70 bits per heavy atom. The Bertz CT molecular complexity index is 1220. The van der Waals surface area contributed by atoms with E-state index in [1.54, 1.807) is 29.7 Å². The lowest BCUT2D eigenvalue weighted by atomic mass is 10.2. The lowest BCUT2D eigenvalue weighted by Gasteiger charge is -2.10. The molecule has 0 aliphatic heterocycles. The van der Waals surface area contributed by atoms with E-state index in [2.05, 4.69) is 16.4 Å². The molecule has 1 amide bonds. The molecule has 5 nitrogen and oxygen atoms in total. The summed E-state index contributed by atoms with van der Waals surface area (Å²) in [4.78, 5) is 29.1. The van der Waals surface area contributed by atoms with Crippen LogP contribution in [-0.2, 0) is 17.8 Å². The summed E-state index contributed by atoms with van der Waals surface area (Å²) in [7, 11) is 0. The maximum Gasteiger partial charge on any atom is 0.250 e. The number of rotatable bonds is 7. The van der Waals surface area contributed by atoms with Crippen molar-refractivity contribution in [2.45, 2.75) is 25.8 Å². The summed E-state index contributed by atoms with van der Waals surface area (Å²) in [6.07, 6.45) is 3.51. The molecule has 0 saturated heterocycles. The molecule has 0 saturated carbocycles. The van der Waals surface area contributed by atoms with E-state index in [-0.39, 0.29) is 11.5 Å². The first-order valence-electron chi connectivity index (χ1n) is 9.67. The van der Waals surface area contributed by atoms with E-state index < -0.39 is 0 Å². The van der Waals surface area contributed by atoms with Gasteiger partial charge in [-0.3, -0.25) is 9.59 Å². The van der Waals surface area contributed by atoms with Gasteiger partial charge in [-0.15, -0.1) is 11.3 Å². The summed E-state index contributed by atoms with van der Waals surface area (Å²) < 4.78 is 2.70. The number of para-hydroxylation sites is 1. The molecule has 4 aromatic rings. The summed E-state index contributed by atoms with van der Waals surface area (Å²) in [5, 5.41) is 4.52. The standard InChI is InChI=1S/C23H20ClN3O2S/c24-18-7-2-1-6-16(18)14-27-15-17(12-13-23(27)29)25-21(28)10-5-11-22-26-19-8-3-4-9-20(19)30-22/h1-4,6-9,12-13,15H,5,10-11,14H2,(H,25,28). The average Bonchev–Trinajstić information content (AvgIpc) is 3.15. The van der Waals surface area contributed by atoms with Gasteiger partial charge < -0.3 is 9.88 Å². The van der Waals surface area contributed by atoms with Crippen molar-refractivity contribution in [3.05, 3.63) is 92.8 Å². The van der Waals surface area contributed by atoms with Gasteiger partial charge in [0.15, 0.2) is 0 Å². The summed E-state index contributed by atoms with van der Waals surface area (Å²) >= 11 is 7.86. The first kappa shape index (κ1) is 20.3. The van der Waals surface area contributed by atoms with Crippen LogP contribution in [0.4, 0.5) is 5.69 Å². The molecule has 30 heavy (non-hydrogen) atoms. The molecule has 0 radical (unpaired) electrons. The highest BCUT2D eigenvalue weighted by atomic mass is 35.5. The molecule has 2 aromatic carbocycles. The molecule has 0 spiro atoms. The topological polar surface area (TPSA) is 64.0 Å². The predicted octanol–water partition coefficient (Wildman–Crippen LogP) is 5.12. The van der Waals surface area contributed by atoms with Gasteiger partial charge in [-0.1, -0.05) is 41.9 Å². The zero-order valence-corrected chi connectivity index (χ0v) is 17.7. The first-order chi connectivity index (χ1) is 14.6. The number of amides is 1. The van der Waals surface area contributed by atoms with E-state index in [4.69, 9.17) is 11.6 Å². The lowest BCUT2D eigenvalue weighted by Crippen LogP contribution is -2.21. The molecule has 152 valence electrons. The molecule has 2 aromatic heterocycles. The number of nitrogens with one attached hydrogen (secondary N) is 1. The van der Waals surface area contributed by atoms with Crippen molar-refractivity contribution in [1.82, 2.24) is 9.55 Å². The van der Waals surface area contributed by atoms with Gasteiger partial charge in [0, 0.05) is 23.7 Å². The Kier molecular flexibility index (Phi) is 6.26. The number of pyridine rings is 1. The molecule has 0 atom stereocenters. The minimum Gasteiger partial charge on any atom is -0.325 e. The maximum absolute atomic E-state index is 12.3. The summed E-state index contributed by atoms with van der Waals surface area (Å²) in [6.45, 7) is 0.347. The molecule has 0 fully saturated rings. The lowest BCUT2D eigenvalue weighted by molar-refractivity contribution is -0.116. The number of thiazole rings is 1. The van der Waals surface area contributed by atoms with Crippen LogP contribution in [0.2, 0.25) is 5.02 Å². The number of aryl methyl sites for hydroxylation is 1. The van der Waals surface area contributed by atoms with Crippen LogP contribution in [0, 0.1) is 0 Å².